The Morgan fingerprint density at radius 3 is 2.25 bits per heavy atom. The molecule has 0 bridgehead atoms. The molecule has 168 valence electrons. The number of nitrogens with one attached hydrogen (secondary N) is 2. The van der Waals surface area contributed by atoms with Gasteiger partial charge in [0.25, 0.3) is 5.91 Å². The average Bonchev–Trinajstić information content (AvgIpc) is 3.29. The van der Waals surface area contributed by atoms with Crippen molar-refractivity contribution in [2.24, 2.45) is 0 Å². The Balaban J connectivity index is 1.54. The number of aryl methyl sites for hydroxylation is 1. The van der Waals surface area contributed by atoms with E-state index in [-0.39, 0.29) is 18.4 Å². The topological polar surface area (TPSA) is 112 Å². The monoisotopic (exact) mass is 459 g/mol. The molecule has 0 fully saturated rings. The molecule has 2 N–H and O–H groups in total. The van der Waals surface area contributed by atoms with E-state index < -0.39 is 11.8 Å². The number of methoxy groups -OCH3 is 3. The third-order valence-corrected chi connectivity index (χ3v) is 4.74. The van der Waals surface area contributed by atoms with E-state index in [0.29, 0.717) is 33.9 Å². The molecule has 2 amide bonds. The number of aromatic nitrogens is 1. The summed E-state index contributed by atoms with van der Waals surface area (Å²) < 4.78 is 21.3. The number of carbonyl (C=O) groups is 2. The van der Waals surface area contributed by atoms with Crippen molar-refractivity contribution in [2.75, 3.05) is 21.3 Å². The van der Waals surface area contributed by atoms with Gasteiger partial charge in [0.05, 0.1) is 27.5 Å². The molecule has 0 unspecified atom stereocenters. The van der Waals surface area contributed by atoms with Gasteiger partial charge in [0.2, 0.25) is 11.7 Å². The Hall–Kier alpha value is -3.72. The van der Waals surface area contributed by atoms with Gasteiger partial charge in [0, 0.05) is 29.0 Å². The highest BCUT2D eigenvalue weighted by molar-refractivity contribution is 6.30. The molecule has 0 saturated heterocycles. The van der Waals surface area contributed by atoms with Crippen LogP contribution < -0.4 is 25.1 Å². The molecule has 0 aliphatic rings. The maximum Gasteiger partial charge on any atom is 0.269 e. The van der Waals surface area contributed by atoms with Crippen LogP contribution in [0.2, 0.25) is 5.02 Å². The van der Waals surface area contributed by atoms with Gasteiger partial charge in [-0.25, -0.2) is 4.98 Å². The molecule has 0 aliphatic carbocycles. The first kappa shape index (κ1) is 23.0. The van der Waals surface area contributed by atoms with E-state index in [1.54, 1.807) is 18.3 Å². The molecule has 0 spiro atoms. The van der Waals surface area contributed by atoms with Gasteiger partial charge in [-0.15, -0.1) is 0 Å². The minimum Gasteiger partial charge on any atom is -0.493 e. The summed E-state index contributed by atoms with van der Waals surface area (Å²) in [5.41, 5.74) is 5.77. The van der Waals surface area contributed by atoms with Crippen LogP contribution in [0.25, 0.3) is 11.3 Å². The first-order chi connectivity index (χ1) is 15.4. The predicted molar refractivity (Wildman–Crippen MR) is 117 cm³/mol. The van der Waals surface area contributed by atoms with E-state index in [9.17, 15) is 9.59 Å². The number of hydrogen-bond donors (Lipinski definition) is 2. The molecule has 10 heteroatoms. The molecular weight excluding hydrogens is 438 g/mol. The Labute approximate surface area is 189 Å². The van der Waals surface area contributed by atoms with Crippen LogP contribution in [0, 0.1) is 0 Å². The highest BCUT2D eigenvalue weighted by atomic mass is 35.5. The number of carbonyl (C=O) groups excluding carboxylic acids is 2. The summed E-state index contributed by atoms with van der Waals surface area (Å²) in [5.74, 6) is 1.04. The number of hydrogen-bond acceptors (Lipinski definition) is 7. The van der Waals surface area contributed by atoms with Crippen molar-refractivity contribution < 1.29 is 28.2 Å². The zero-order chi connectivity index (χ0) is 23.1. The number of benzene rings is 2. The molecule has 1 aromatic heterocycles. The second-order valence-corrected chi connectivity index (χ2v) is 6.98. The fourth-order valence-electron chi connectivity index (χ4n) is 2.87. The van der Waals surface area contributed by atoms with Gasteiger partial charge in [-0.05, 0) is 36.4 Å². The highest BCUT2D eigenvalue weighted by Crippen LogP contribution is 2.38. The summed E-state index contributed by atoms with van der Waals surface area (Å²) in [7, 11) is 4.36. The van der Waals surface area contributed by atoms with Crippen molar-refractivity contribution in [2.45, 2.75) is 12.8 Å². The van der Waals surface area contributed by atoms with Gasteiger partial charge >= 0.3 is 0 Å². The van der Waals surface area contributed by atoms with E-state index in [0.717, 1.165) is 5.56 Å². The molecule has 0 atom stereocenters. The van der Waals surface area contributed by atoms with E-state index in [1.165, 1.54) is 33.5 Å². The van der Waals surface area contributed by atoms with E-state index in [2.05, 4.69) is 15.8 Å². The van der Waals surface area contributed by atoms with Crippen LogP contribution in [0.5, 0.6) is 17.2 Å². The Morgan fingerprint density at radius 1 is 1.00 bits per heavy atom. The fraction of sp³-hybridized carbons (Fsp3) is 0.227. The molecule has 3 aromatic rings. The molecular formula is C22H22ClN3O6. The van der Waals surface area contributed by atoms with Crippen molar-refractivity contribution in [1.29, 1.82) is 0 Å². The van der Waals surface area contributed by atoms with Crippen LogP contribution >= 0.6 is 11.6 Å². The van der Waals surface area contributed by atoms with Crippen molar-refractivity contribution >= 4 is 23.4 Å². The van der Waals surface area contributed by atoms with Crippen LogP contribution in [0.1, 0.15) is 22.7 Å². The van der Waals surface area contributed by atoms with Crippen molar-refractivity contribution in [3.05, 3.63) is 59.1 Å². The van der Waals surface area contributed by atoms with Gasteiger partial charge in [-0.3, -0.25) is 20.4 Å². The molecule has 0 radical (unpaired) electrons. The Kier molecular flexibility index (Phi) is 7.56. The molecule has 3 rings (SSSR count). The third-order valence-electron chi connectivity index (χ3n) is 4.49. The fourth-order valence-corrected chi connectivity index (χ4v) is 2.99. The largest absolute Gasteiger partial charge is 0.493 e. The number of amides is 2. The summed E-state index contributed by atoms with van der Waals surface area (Å²) >= 11 is 5.89. The Bertz CT molecular complexity index is 1070. The zero-order valence-corrected chi connectivity index (χ0v) is 18.5. The predicted octanol–water partition coefficient (Wildman–Crippen LogP) is 3.41. The number of ether oxygens (including phenoxy) is 3. The lowest BCUT2D eigenvalue weighted by Crippen LogP contribution is -2.41. The average molecular weight is 460 g/mol. The van der Waals surface area contributed by atoms with Crippen molar-refractivity contribution in [1.82, 2.24) is 15.8 Å². The van der Waals surface area contributed by atoms with Crippen LogP contribution in [0.15, 0.2) is 47.0 Å². The smallest absolute Gasteiger partial charge is 0.269 e. The summed E-state index contributed by atoms with van der Waals surface area (Å²) in [5, 5.41) is 0.624. The molecule has 0 saturated carbocycles. The van der Waals surface area contributed by atoms with Gasteiger partial charge < -0.3 is 18.6 Å². The van der Waals surface area contributed by atoms with E-state index in [1.807, 2.05) is 12.1 Å². The number of halogens is 1. The minimum absolute atomic E-state index is 0.0656. The summed E-state index contributed by atoms with van der Waals surface area (Å²) in [6.07, 6.45) is 1.91. The number of rotatable bonds is 8. The first-order valence-electron chi connectivity index (χ1n) is 9.55. The molecule has 2 aromatic carbocycles. The SMILES string of the molecule is COc1cc(C(=O)NNC(=O)CCc2ncc(-c3ccc(Cl)cc3)o2)cc(OC)c1OC. The summed E-state index contributed by atoms with van der Waals surface area (Å²) in [6, 6.07) is 10.1. The van der Waals surface area contributed by atoms with E-state index in [4.69, 9.17) is 30.2 Å². The quantitative estimate of drug-likeness (QED) is 0.496. The van der Waals surface area contributed by atoms with Crippen molar-refractivity contribution in [3.8, 4) is 28.6 Å². The molecule has 32 heavy (non-hydrogen) atoms. The second kappa shape index (κ2) is 10.5. The molecule has 9 nitrogen and oxygen atoms in total. The van der Waals surface area contributed by atoms with Crippen molar-refractivity contribution in [3.63, 3.8) is 0 Å². The van der Waals surface area contributed by atoms with Gasteiger partial charge in [-0.1, -0.05) is 11.6 Å². The molecule has 1 heterocycles. The lowest BCUT2D eigenvalue weighted by Gasteiger charge is -2.14. The minimum atomic E-state index is -0.543. The molecule has 0 aliphatic heterocycles. The number of hydrazine groups is 1. The van der Waals surface area contributed by atoms with Crippen LogP contribution in [0.4, 0.5) is 0 Å². The normalized spacial score (nSPS) is 10.4. The lowest BCUT2D eigenvalue weighted by molar-refractivity contribution is -0.121. The number of nitrogens with zero attached hydrogens (tertiary/aromatic N) is 1. The number of oxazole rings is 1. The maximum absolute atomic E-state index is 12.4. The first-order valence-corrected chi connectivity index (χ1v) is 9.92. The van der Waals surface area contributed by atoms with E-state index >= 15 is 0 Å². The lowest BCUT2D eigenvalue weighted by atomic mass is 10.1. The standard InChI is InChI=1S/C22H22ClN3O6/c1-29-16-10-14(11-17(30-2)21(16)31-3)22(28)26-25-19(27)8-9-20-24-12-18(32-20)13-4-6-15(23)7-5-13/h4-7,10-12H,8-9H2,1-3H3,(H,25,27)(H,26,28). The van der Waals surface area contributed by atoms with Gasteiger partial charge in [-0.2, -0.15) is 0 Å². The zero-order valence-electron chi connectivity index (χ0n) is 17.7. The van der Waals surface area contributed by atoms with Crippen LogP contribution in [-0.2, 0) is 11.2 Å². The van der Waals surface area contributed by atoms with Gasteiger partial charge in [0.15, 0.2) is 23.1 Å². The van der Waals surface area contributed by atoms with Crippen LogP contribution in [-0.4, -0.2) is 38.1 Å². The Morgan fingerprint density at radius 2 is 1.66 bits per heavy atom. The highest BCUT2D eigenvalue weighted by Gasteiger charge is 2.17. The van der Waals surface area contributed by atoms with Gasteiger partial charge in [0.1, 0.15) is 0 Å². The summed E-state index contributed by atoms with van der Waals surface area (Å²) in [4.78, 5) is 28.7. The second-order valence-electron chi connectivity index (χ2n) is 6.54. The van der Waals surface area contributed by atoms with Crippen LogP contribution in [0.3, 0.4) is 0 Å². The summed E-state index contributed by atoms with van der Waals surface area (Å²) in [6.45, 7) is 0. The maximum atomic E-state index is 12.4. The third kappa shape index (κ3) is 5.50.